The predicted octanol–water partition coefficient (Wildman–Crippen LogP) is 5.02. The molecule has 1 heterocycles. The second kappa shape index (κ2) is 10.4. The Bertz CT molecular complexity index is 919. The van der Waals surface area contributed by atoms with Gasteiger partial charge in [0.1, 0.15) is 5.75 Å². The van der Waals surface area contributed by atoms with E-state index >= 15 is 0 Å². The second-order valence-electron chi connectivity index (χ2n) is 8.15. The highest BCUT2D eigenvalue weighted by molar-refractivity contribution is 6.00. The molecule has 1 fully saturated rings. The van der Waals surface area contributed by atoms with Crippen LogP contribution in [0.4, 0.5) is 5.69 Å². The first-order valence-corrected chi connectivity index (χ1v) is 11.0. The standard InChI is InChI=1S/C25H32N2O4/c1-5-30-23-12-11-20(27-24(28)16(2)3)15-21(23)25(29)26-17(4)18-8-6-9-19(14-18)22-10-7-13-31-22/h6,8-9,11-12,14-17,22H,5,7,10,13H2,1-4H3,(H,26,29)(H,27,28). The first-order valence-electron chi connectivity index (χ1n) is 11.0. The minimum Gasteiger partial charge on any atom is -0.493 e. The molecule has 2 N–H and O–H groups in total. The summed E-state index contributed by atoms with van der Waals surface area (Å²) in [5.41, 5.74) is 3.12. The lowest BCUT2D eigenvalue weighted by Crippen LogP contribution is -2.27. The zero-order valence-corrected chi connectivity index (χ0v) is 18.7. The first kappa shape index (κ1) is 22.8. The van der Waals surface area contributed by atoms with E-state index in [1.807, 2.05) is 39.8 Å². The average Bonchev–Trinajstić information content (AvgIpc) is 3.30. The minimum absolute atomic E-state index is 0.102. The van der Waals surface area contributed by atoms with E-state index in [0.29, 0.717) is 23.6 Å². The van der Waals surface area contributed by atoms with E-state index < -0.39 is 0 Å². The van der Waals surface area contributed by atoms with Gasteiger partial charge in [-0.05, 0) is 56.0 Å². The van der Waals surface area contributed by atoms with Crippen LogP contribution in [0.2, 0.25) is 0 Å². The number of ether oxygens (including phenoxy) is 2. The van der Waals surface area contributed by atoms with E-state index in [1.165, 1.54) is 0 Å². The number of nitrogens with one attached hydrogen (secondary N) is 2. The molecule has 0 aromatic heterocycles. The van der Waals surface area contributed by atoms with Crippen LogP contribution in [0.25, 0.3) is 0 Å². The quantitative estimate of drug-likeness (QED) is 0.624. The maximum absolute atomic E-state index is 13.1. The Balaban J connectivity index is 1.78. The number of carbonyl (C=O) groups is 2. The molecule has 1 aliphatic rings. The predicted molar refractivity (Wildman–Crippen MR) is 121 cm³/mol. The third kappa shape index (κ3) is 5.85. The Hall–Kier alpha value is -2.86. The van der Waals surface area contributed by atoms with Gasteiger partial charge in [-0.2, -0.15) is 0 Å². The number of hydrogen-bond acceptors (Lipinski definition) is 4. The smallest absolute Gasteiger partial charge is 0.255 e. The Labute approximate surface area is 184 Å². The highest BCUT2D eigenvalue weighted by Gasteiger charge is 2.21. The molecule has 1 saturated heterocycles. The second-order valence-corrected chi connectivity index (χ2v) is 8.15. The largest absolute Gasteiger partial charge is 0.493 e. The molecule has 6 heteroatoms. The number of anilines is 1. The molecular formula is C25H32N2O4. The number of rotatable bonds is 8. The maximum atomic E-state index is 13.1. The molecule has 2 amide bonds. The Morgan fingerprint density at radius 2 is 1.97 bits per heavy atom. The zero-order valence-electron chi connectivity index (χ0n) is 18.7. The zero-order chi connectivity index (χ0) is 22.4. The van der Waals surface area contributed by atoms with Crippen molar-refractivity contribution in [1.82, 2.24) is 5.32 Å². The molecule has 31 heavy (non-hydrogen) atoms. The molecule has 0 saturated carbocycles. The molecule has 2 aromatic carbocycles. The highest BCUT2D eigenvalue weighted by atomic mass is 16.5. The van der Waals surface area contributed by atoms with Gasteiger partial charge >= 0.3 is 0 Å². The first-order chi connectivity index (χ1) is 14.9. The summed E-state index contributed by atoms with van der Waals surface area (Å²) in [6.45, 7) is 8.71. The van der Waals surface area contributed by atoms with Crippen LogP contribution in [0.3, 0.4) is 0 Å². The van der Waals surface area contributed by atoms with Crippen LogP contribution in [0.5, 0.6) is 5.75 Å². The molecular weight excluding hydrogens is 392 g/mol. The van der Waals surface area contributed by atoms with Crippen LogP contribution in [0, 0.1) is 5.92 Å². The molecule has 0 spiro atoms. The number of carbonyl (C=O) groups excluding carboxylic acids is 2. The van der Waals surface area contributed by atoms with Crippen molar-refractivity contribution in [3.05, 3.63) is 59.2 Å². The van der Waals surface area contributed by atoms with E-state index in [4.69, 9.17) is 9.47 Å². The van der Waals surface area contributed by atoms with Gasteiger partial charge in [0.15, 0.2) is 0 Å². The summed E-state index contributed by atoms with van der Waals surface area (Å²) in [4.78, 5) is 25.2. The third-order valence-electron chi connectivity index (χ3n) is 5.38. The summed E-state index contributed by atoms with van der Waals surface area (Å²) in [6, 6.07) is 13.1. The lowest BCUT2D eigenvalue weighted by molar-refractivity contribution is -0.118. The monoisotopic (exact) mass is 424 g/mol. The van der Waals surface area contributed by atoms with Gasteiger partial charge in [0.25, 0.3) is 5.91 Å². The van der Waals surface area contributed by atoms with Crippen LogP contribution in [-0.2, 0) is 9.53 Å². The van der Waals surface area contributed by atoms with E-state index in [2.05, 4.69) is 22.8 Å². The van der Waals surface area contributed by atoms with Crippen molar-refractivity contribution < 1.29 is 19.1 Å². The van der Waals surface area contributed by atoms with E-state index in [1.54, 1.807) is 18.2 Å². The SMILES string of the molecule is CCOc1ccc(NC(=O)C(C)C)cc1C(=O)NC(C)c1cccc(C2CCCO2)c1. The molecule has 0 aliphatic carbocycles. The van der Waals surface area contributed by atoms with Gasteiger partial charge < -0.3 is 20.1 Å². The van der Waals surface area contributed by atoms with Gasteiger partial charge in [-0.3, -0.25) is 9.59 Å². The maximum Gasteiger partial charge on any atom is 0.255 e. The number of benzene rings is 2. The molecule has 166 valence electrons. The summed E-state index contributed by atoms with van der Waals surface area (Å²) in [5, 5.41) is 5.90. The van der Waals surface area contributed by atoms with Crippen LogP contribution < -0.4 is 15.4 Å². The fourth-order valence-corrected chi connectivity index (χ4v) is 3.58. The molecule has 3 rings (SSSR count). The van der Waals surface area contributed by atoms with Crippen LogP contribution in [0.1, 0.15) is 74.2 Å². The van der Waals surface area contributed by atoms with Gasteiger partial charge in [-0.15, -0.1) is 0 Å². The van der Waals surface area contributed by atoms with Crippen LogP contribution >= 0.6 is 0 Å². The molecule has 0 bridgehead atoms. The Morgan fingerprint density at radius 1 is 1.16 bits per heavy atom. The van der Waals surface area contributed by atoms with E-state index in [0.717, 1.165) is 30.6 Å². The van der Waals surface area contributed by atoms with Gasteiger partial charge in [-0.25, -0.2) is 0 Å². The van der Waals surface area contributed by atoms with Crippen molar-refractivity contribution in [2.24, 2.45) is 5.92 Å². The number of hydrogen-bond donors (Lipinski definition) is 2. The molecule has 2 unspecified atom stereocenters. The summed E-state index contributed by atoms with van der Waals surface area (Å²) >= 11 is 0. The summed E-state index contributed by atoms with van der Waals surface area (Å²) < 4.78 is 11.4. The van der Waals surface area contributed by atoms with Gasteiger partial charge in [-0.1, -0.05) is 38.1 Å². The molecule has 0 radical (unpaired) electrons. The van der Waals surface area contributed by atoms with Gasteiger partial charge in [0.2, 0.25) is 5.91 Å². The average molecular weight is 425 g/mol. The van der Waals surface area contributed by atoms with Crippen LogP contribution in [-0.4, -0.2) is 25.0 Å². The van der Waals surface area contributed by atoms with Crippen molar-refractivity contribution in [1.29, 1.82) is 0 Å². The Morgan fingerprint density at radius 3 is 2.65 bits per heavy atom. The number of amides is 2. The van der Waals surface area contributed by atoms with E-state index in [-0.39, 0.29) is 29.9 Å². The Kier molecular flexibility index (Phi) is 7.69. The van der Waals surface area contributed by atoms with Crippen molar-refractivity contribution in [3.8, 4) is 5.75 Å². The van der Waals surface area contributed by atoms with E-state index in [9.17, 15) is 9.59 Å². The topological polar surface area (TPSA) is 76.7 Å². The summed E-state index contributed by atoms with van der Waals surface area (Å²) in [5.74, 6) is -0.0169. The van der Waals surface area contributed by atoms with Gasteiger partial charge in [0.05, 0.1) is 24.3 Å². The molecule has 1 aliphatic heterocycles. The minimum atomic E-state index is -0.251. The molecule has 2 atom stereocenters. The normalized spacial score (nSPS) is 16.7. The van der Waals surface area contributed by atoms with Crippen molar-refractivity contribution >= 4 is 17.5 Å². The summed E-state index contributed by atoms with van der Waals surface area (Å²) in [6.07, 6.45) is 2.23. The molecule has 2 aromatic rings. The van der Waals surface area contributed by atoms with Crippen molar-refractivity contribution in [3.63, 3.8) is 0 Å². The van der Waals surface area contributed by atoms with Crippen LogP contribution in [0.15, 0.2) is 42.5 Å². The lowest BCUT2D eigenvalue weighted by atomic mass is 10.0. The van der Waals surface area contributed by atoms with Crippen molar-refractivity contribution in [2.75, 3.05) is 18.5 Å². The fourth-order valence-electron chi connectivity index (χ4n) is 3.58. The third-order valence-corrected chi connectivity index (χ3v) is 5.38. The molecule has 6 nitrogen and oxygen atoms in total. The fraction of sp³-hybridized carbons (Fsp3) is 0.440. The van der Waals surface area contributed by atoms with Crippen molar-refractivity contribution in [2.45, 2.75) is 52.7 Å². The summed E-state index contributed by atoms with van der Waals surface area (Å²) in [7, 11) is 0. The highest BCUT2D eigenvalue weighted by Crippen LogP contribution is 2.30. The van der Waals surface area contributed by atoms with Gasteiger partial charge in [0, 0.05) is 18.2 Å². The lowest BCUT2D eigenvalue weighted by Gasteiger charge is -2.19.